The molecule has 1 aliphatic carbocycles. The quantitative estimate of drug-likeness (QED) is 0.830. The fraction of sp³-hybridized carbons (Fsp3) is 0.571. The van der Waals surface area contributed by atoms with Crippen molar-refractivity contribution in [1.29, 1.82) is 0 Å². The summed E-state index contributed by atoms with van der Waals surface area (Å²) in [5, 5.41) is 10.9. The molecule has 1 saturated carbocycles. The lowest BCUT2D eigenvalue weighted by Crippen LogP contribution is -2.67. The molecule has 5 heteroatoms. The second kappa shape index (κ2) is 5.83. The summed E-state index contributed by atoms with van der Waals surface area (Å²) in [7, 11) is 1.51. The van der Waals surface area contributed by atoms with E-state index in [1.54, 1.807) is 0 Å². The molecular formula is C21H26N2O3. The molecule has 0 amide bonds. The molecule has 0 spiro atoms. The highest BCUT2D eigenvalue weighted by molar-refractivity contribution is 5.91. The number of para-hydroxylation sites is 1. The molecule has 138 valence electrons. The lowest BCUT2D eigenvalue weighted by Gasteiger charge is -2.57. The van der Waals surface area contributed by atoms with E-state index in [4.69, 9.17) is 4.74 Å². The van der Waals surface area contributed by atoms with Crippen LogP contribution in [0.3, 0.4) is 0 Å². The van der Waals surface area contributed by atoms with Gasteiger partial charge in [-0.1, -0.05) is 18.2 Å². The Morgan fingerprint density at radius 1 is 1.42 bits per heavy atom. The number of methoxy groups -OCH3 is 1. The smallest absolute Gasteiger partial charge is 0.319 e. The molecule has 1 aromatic carbocycles. The number of fused-ring (bicyclic) bond motifs is 4. The van der Waals surface area contributed by atoms with Crippen molar-refractivity contribution >= 4 is 16.9 Å². The number of aliphatic hydroxyl groups excluding tert-OH is 1. The number of esters is 1. The average Bonchev–Trinajstić information content (AvgIpc) is 3.00. The Hall–Kier alpha value is -1.85. The molecule has 5 nitrogen and oxygen atoms in total. The Bertz CT molecular complexity index is 860. The van der Waals surface area contributed by atoms with Crippen molar-refractivity contribution in [3.05, 3.63) is 35.5 Å². The second-order valence-corrected chi connectivity index (χ2v) is 8.26. The minimum absolute atomic E-state index is 0.112. The molecule has 26 heavy (non-hydrogen) atoms. The van der Waals surface area contributed by atoms with Crippen molar-refractivity contribution in [2.24, 2.45) is 11.8 Å². The maximum absolute atomic E-state index is 13.3. The Labute approximate surface area is 153 Å². The highest BCUT2D eigenvalue weighted by Crippen LogP contribution is 2.55. The Kier molecular flexibility index (Phi) is 3.66. The minimum atomic E-state index is -0.638. The Morgan fingerprint density at radius 2 is 2.27 bits per heavy atom. The van der Waals surface area contributed by atoms with Gasteiger partial charge in [0, 0.05) is 42.3 Å². The van der Waals surface area contributed by atoms with E-state index < -0.39 is 5.41 Å². The standard InChI is InChI=1S/C21H26N2O3/c1-26-20(25)21-11-13-10-14(7-9-24)19(21)23(12-13)8-6-16-15-4-2-3-5-17(15)22-18(16)21/h2-5,13-14,19,22,24H,6-12H2,1H3/t13-,14+,19+,21-/m1/s1. The van der Waals surface area contributed by atoms with Gasteiger partial charge in [-0.2, -0.15) is 0 Å². The van der Waals surface area contributed by atoms with Gasteiger partial charge >= 0.3 is 5.97 Å². The Morgan fingerprint density at radius 3 is 3.08 bits per heavy atom. The number of rotatable bonds is 3. The van der Waals surface area contributed by atoms with Gasteiger partial charge in [-0.05, 0) is 49.1 Å². The molecule has 2 N–H and O–H groups in total. The van der Waals surface area contributed by atoms with E-state index in [0.29, 0.717) is 11.8 Å². The number of nitrogens with one attached hydrogen (secondary N) is 1. The number of hydrogen-bond donors (Lipinski definition) is 2. The van der Waals surface area contributed by atoms with Crippen LogP contribution < -0.4 is 0 Å². The molecule has 4 heterocycles. The van der Waals surface area contributed by atoms with Crippen LogP contribution in [0.2, 0.25) is 0 Å². The molecule has 5 atom stereocenters. The van der Waals surface area contributed by atoms with Gasteiger partial charge in [0.15, 0.2) is 0 Å². The first-order valence-corrected chi connectivity index (χ1v) is 9.72. The van der Waals surface area contributed by atoms with Gasteiger partial charge < -0.3 is 14.8 Å². The number of aliphatic hydroxyl groups is 1. The maximum Gasteiger partial charge on any atom is 0.319 e. The van der Waals surface area contributed by atoms with Gasteiger partial charge in [0.2, 0.25) is 0 Å². The van der Waals surface area contributed by atoms with E-state index in [1.807, 2.05) is 6.07 Å². The van der Waals surface area contributed by atoms with E-state index >= 15 is 0 Å². The number of benzene rings is 1. The number of aromatic nitrogens is 1. The van der Waals surface area contributed by atoms with E-state index in [0.717, 1.165) is 50.0 Å². The first-order chi connectivity index (χ1) is 12.7. The van der Waals surface area contributed by atoms with Crippen LogP contribution in [0.15, 0.2) is 24.3 Å². The number of carbonyl (C=O) groups excluding carboxylic acids is 1. The summed E-state index contributed by atoms with van der Waals surface area (Å²) in [5.41, 5.74) is 2.82. The summed E-state index contributed by atoms with van der Waals surface area (Å²) in [5.74, 6) is 0.700. The van der Waals surface area contributed by atoms with Gasteiger partial charge in [-0.15, -0.1) is 0 Å². The topological polar surface area (TPSA) is 65.6 Å². The average molecular weight is 354 g/mol. The van der Waals surface area contributed by atoms with Crippen molar-refractivity contribution in [2.75, 3.05) is 26.8 Å². The number of piperidine rings is 2. The Balaban J connectivity index is 1.77. The van der Waals surface area contributed by atoms with E-state index in [2.05, 4.69) is 28.1 Å². The predicted molar refractivity (Wildman–Crippen MR) is 99.0 cm³/mol. The molecule has 4 aliphatic rings. The molecule has 6 rings (SSSR count). The van der Waals surface area contributed by atoms with Crippen molar-refractivity contribution in [3.63, 3.8) is 0 Å². The van der Waals surface area contributed by atoms with E-state index in [-0.39, 0.29) is 18.6 Å². The summed E-state index contributed by atoms with van der Waals surface area (Å²) in [4.78, 5) is 19.4. The van der Waals surface area contributed by atoms with E-state index in [1.165, 1.54) is 18.1 Å². The van der Waals surface area contributed by atoms with Crippen molar-refractivity contribution < 1.29 is 14.6 Å². The van der Waals surface area contributed by atoms with Crippen LogP contribution in [0.5, 0.6) is 0 Å². The van der Waals surface area contributed by atoms with Gasteiger partial charge in [-0.25, -0.2) is 0 Å². The van der Waals surface area contributed by atoms with Crippen LogP contribution in [-0.4, -0.2) is 53.8 Å². The zero-order chi connectivity index (χ0) is 17.9. The third kappa shape index (κ3) is 2.01. The first-order valence-electron chi connectivity index (χ1n) is 9.72. The fourth-order valence-electron chi connectivity index (χ4n) is 6.32. The zero-order valence-corrected chi connectivity index (χ0v) is 15.2. The summed E-state index contributed by atoms with van der Waals surface area (Å²) in [6, 6.07) is 8.47. The number of hydrogen-bond acceptors (Lipinski definition) is 4. The third-order valence-corrected chi connectivity index (χ3v) is 7.04. The zero-order valence-electron chi connectivity index (χ0n) is 15.2. The fourth-order valence-corrected chi connectivity index (χ4v) is 6.32. The minimum Gasteiger partial charge on any atom is -0.468 e. The highest BCUT2D eigenvalue weighted by atomic mass is 16.5. The van der Waals surface area contributed by atoms with Crippen LogP contribution in [0, 0.1) is 11.8 Å². The second-order valence-electron chi connectivity index (χ2n) is 8.26. The van der Waals surface area contributed by atoms with Gasteiger partial charge in [0.05, 0.1) is 7.11 Å². The highest BCUT2D eigenvalue weighted by Gasteiger charge is 2.62. The predicted octanol–water partition coefficient (Wildman–Crippen LogP) is 2.23. The number of carbonyl (C=O) groups is 1. The lowest BCUT2D eigenvalue weighted by molar-refractivity contribution is -0.162. The molecule has 2 saturated heterocycles. The molecule has 1 unspecified atom stereocenters. The van der Waals surface area contributed by atoms with Gasteiger partial charge in [-0.3, -0.25) is 9.69 Å². The van der Waals surface area contributed by atoms with Crippen molar-refractivity contribution in [1.82, 2.24) is 9.88 Å². The number of H-pyrrole nitrogens is 1. The van der Waals surface area contributed by atoms with Crippen LogP contribution in [0.25, 0.3) is 10.9 Å². The molecule has 1 aromatic heterocycles. The number of ether oxygens (including phenoxy) is 1. The van der Waals surface area contributed by atoms with Crippen LogP contribution in [0.1, 0.15) is 30.5 Å². The normalized spacial score (nSPS) is 35.2. The molecule has 4 bridgehead atoms. The first kappa shape index (κ1) is 16.3. The van der Waals surface area contributed by atoms with Crippen LogP contribution in [0.4, 0.5) is 0 Å². The van der Waals surface area contributed by atoms with Crippen LogP contribution in [-0.2, 0) is 21.4 Å². The van der Waals surface area contributed by atoms with Gasteiger partial charge in [0.25, 0.3) is 0 Å². The SMILES string of the molecule is COC(=O)[C@@]12C[C@H]3C[C@H](CCO)[C@@H]1N(CCc1c2[nH]c2ccccc12)C3. The van der Waals surface area contributed by atoms with E-state index in [9.17, 15) is 9.90 Å². The summed E-state index contributed by atoms with van der Waals surface area (Å²) in [6.45, 7) is 2.21. The molecule has 3 fully saturated rings. The monoisotopic (exact) mass is 354 g/mol. The van der Waals surface area contributed by atoms with Crippen LogP contribution >= 0.6 is 0 Å². The summed E-state index contributed by atoms with van der Waals surface area (Å²) >= 11 is 0. The molecule has 0 radical (unpaired) electrons. The number of aromatic amines is 1. The summed E-state index contributed by atoms with van der Waals surface area (Å²) < 4.78 is 5.41. The lowest BCUT2D eigenvalue weighted by atomic mass is 9.56. The number of nitrogens with zero attached hydrogens (tertiary/aromatic N) is 1. The van der Waals surface area contributed by atoms with Crippen molar-refractivity contribution in [3.8, 4) is 0 Å². The van der Waals surface area contributed by atoms with Gasteiger partial charge in [0.1, 0.15) is 5.41 Å². The third-order valence-electron chi connectivity index (χ3n) is 7.04. The molecular weight excluding hydrogens is 328 g/mol. The van der Waals surface area contributed by atoms with Crippen molar-refractivity contribution in [2.45, 2.75) is 37.1 Å². The summed E-state index contributed by atoms with van der Waals surface area (Å²) in [6.07, 6.45) is 3.66. The maximum atomic E-state index is 13.3. The molecule has 3 aliphatic heterocycles. The largest absolute Gasteiger partial charge is 0.468 e. The molecule has 2 aromatic rings.